The van der Waals surface area contributed by atoms with Crippen LogP contribution < -0.4 is 5.56 Å². The number of phenols is 1. The smallest absolute Gasteiger partial charge is 0.266 e. The summed E-state index contributed by atoms with van der Waals surface area (Å²) >= 11 is 1.35. The molecule has 0 aliphatic heterocycles. The molecule has 4 aromatic rings. The quantitative estimate of drug-likeness (QED) is 0.497. The first-order chi connectivity index (χ1) is 13.4. The van der Waals surface area contributed by atoms with Crippen LogP contribution in [0.3, 0.4) is 0 Å². The maximum atomic E-state index is 12.4. The Labute approximate surface area is 166 Å². The van der Waals surface area contributed by atoms with Gasteiger partial charge in [0.25, 0.3) is 5.56 Å². The van der Waals surface area contributed by atoms with Gasteiger partial charge in [0.05, 0.1) is 10.6 Å². The van der Waals surface area contributed by atoms with E-state index >= 15 is 0 Å². The second-order valence-electron chi connectivity index (χ2n) is 6.70. The van der Waals surface area contributed by atoms with Gasteiger partial charge in [-0.2, -0.15) is 0 Å². The minimum Gasteiger partial charge on any atom is -0.507 e. The molecule has 0 saturated heterocycles. The lowest BCUT2D eigenvalue weighted by atomic mass is 9.97. The summed E-state index contributed by atoms with van der Waals surface area (Å²) in [5.74, 6) is 0.202. The Balaban J connectivity index is 1.91. The number of unbranched alkanes of at least 4 members (excludes halogenated alkanes) is 1. The first-order valence-electron chi connectivity index (χ1n) is 9.00. The van der Waals surface area contributed by atoms with Gasteiger partial charge in [-0.3, -0.25) is 4.79 Å². The molecule has 2 aromatic heterocycles. The van der Waals surface area contributed by atoms with Crippen LogP contribution >= 0.6 is 11.3 Å². The first-order valence-corrected chi connectivity index (χ1v) is 11.5. The normalized spacial score (nSPS) is 12.0. The van der Waals surface area contributed by atoms with Crippen molar-refractivity contribution in [3.63, 3.8) is 0 Å². The van der Waals surface area contributed by atoms with Crippen LogP contribution in [0.4, 0.5) is 0 Å². The summed E-state index contributed by atoms with van der Waals surface area (Å²) in [6, 6.07) is 11.6. The molecular weight excluding hydrogens is 394 g/mol. The lowest BCUT2D eigenvalue weighted by molar-refractivity contribution is 0.478. The molecule has 28 heavy (non-hydrogen) atoms. The molecule has 0 fully saturated rings. The summed E-state index contributed by atoms with van der Waals surface area (Å²) in [7, 11) is -3.31. The number of aromatic amines is 1. The number of nitrogens with one attached hydrogen (secondary N) is 1. The Morgan fingerprint density at radius 2 is 1.82 bits per heavy atom. The predicted molar refractivity (Wildman–Crippen MR) is 114 cm³/mol. The third-order valence-corrected chi connectivity index (χ3v) is 7.57. The van der Waals surface area contributed by atoms with Crippen LogP contribution in [-0.4, -0.2) is 24.3 Å². The Bertz CT molecular complexity index is 1330. The molecule has 0 spiro atoms. The Kier molecular flexibility index (Phi) is 4.72. The van der Waals surface area contributed by atoms with Gasteiger partial charge in [-0.1, -0.05) is 25.5 Å². The van der Waals surface area contributed by atoms with Gasteiger partial charge in [0.1, 0.15) is 10.4 Å². The number of H-pyrrole nitrogens is 1. The molecule has 144 valence electrons. The number of sulfone groups is 1. The van der Waals surface area contributed by atoms with Crippen LogP contribution in [0.2, 0.25) is 0 Å². The molecule has 2 heterocycles. The highest BCUT2D eigenvalue weighted by Crippen LogP contribution is 2.39. The van der Waals surface area contributed by atoms with E-state index in [1.54, 1.807) is 30.3 Å². The number of hydrogen-bond donors (Lipinski definition) is 2. The molecule has 2 aromatic carbocycles. The molecule has 0 bridgehead atoms. The van der Waals surface area contributed by atoms with E-state index in [1.165, 1.54) is 17.4 Å². The van der Waals surface area contributed by atoms with Crippen LogP contribution in [0.25, 0.3) is 32.1 Å². The summed E-state index contributed by atoms with van der Waals surface area (Å²) in [6.07, 6.45) is 1.44. The monoisotopic (exact) mass is 413 g/mol. The molecule has 0 aliphatic rings. The summed E-state index contributed by atoms with van der Waals surface area (Å²) in [5, 5.41) is 13.9. The van der Waals surface area contributed by atoms with Crippen molar-refractivity contribution in [1.82, 2.24) is 4.98 Å². The van der Waals surface area contributed by atoms with Crippen molar-refractivity contribution in [2.45, 2.75) is 24.7 Å². The highest BCUT2D eigenvalue weighted by molar-refractivity contribution is 7.91. The highest BCUT2D eigenvalue weighted by atomic mass is 32.2. The van der Waals surface area contributed by atoms with Crippen LogP contribution in [0.15, 0.2) is 57.5 Å². The predicted octanol–water partition coefficient (Wildman–Crippen LogP) is 4.69. The lowest BCUT2D eigenvalue weighted by Gasteiger charge is -2.11. The van der Waals surface area contributed by atoms with Gasteiger partial charge < -0.3 is 10.1 Å². The number of fused-ring (bicyclic) bond motifs is 3. The van der Waals surface area contributed by atoms with E-state index in [1.807, 2.05) is 18.4 Å². The van der Waals surface area contributed by atoms with E-state index < -0.39 is 9.84 Å². The van der Waals surface area contributed by atoms with Gasteiger partial charge >= 0.3 is 0 Å². The molecule has 0 unspecified atom stereocenters. The second kappa shape index (κ2) is 7.07. The van der Waals surface area contributed by atoms with E-state index in [2.05, 4.69) is 4.98 Å². The van der Waals surface area contributed by atoms with Crippen molar-refractivity contribution in [2.75, 3.05) is 5.75 Å². The van der Waals surface area contributed by atoms with E-state index in [-0.39, 0.29) is 22.0 Å². The lowest BCUT2D eigenvalue weighted by Crippen LogP contribution is -2.06. The molecule has 0 aliphatic carbocycles. The third-order valence-electron chi connectivity index (χ3n) is 4.84. The average molecular weight is 414 g/mol. The highest BCUT2D eigenvalue weighted by Gasteiger charge is 2.17. The van der Waals surface area contributed by atoms with Crippen molar-refractivity contribution < 1.29 is 13.5 Å². The largest absolute Gasteiger partial charge is 0.507 e. The summed E-state index contributed by atoms with van der Waals surface area (Å²) in [4.78, 5) is 15.4. The molecule has 0 atom stereocenters. The number of thiophene rings is 1. The number of aromatic nitrogens is 1. The number of hydrogen-bond acceptors (Lipinski definition) is 5. The third kappa shape index (κ3) is 3.10. The van der Waals surface area contributed by atoms with E-state index in [0.717, 1.165) is 17.2 Å². The molecule has 7 heteroatoms. The molecule has 2 N–H and O–H groups in total. The Morgan fingerprint density at radius 3 is 2.54 bits per heavy atom. The van der Waals surface area contributed by atoms with Gasteiger partial charge in [0.15, 0.2) is 9.84 Å². The molecule has 5 nitrogen and oxygen atoms in total. The minimum atomic E-state index is -3.31. The van der Waals surface area contributed by atoms with Gasteiger partial charge in [0, 0.05) is 21.9 Å². The van der Waals surface area contributed by atoms with Crippen molar-refractivity contribution in [1.29, 1.82) is 0 Å². The number of phenolic OH excluding ortho intramolecular Hbond substituents is 1. The summed E-state index contributed by atoms with van der Waals surface area (Å²) in [5.41, 5.74) is 1.74. The Hall–Kier alpha value is -2.64. The Morgan fingerprint density at radius 1 is 1.07 bits per heavy atom. The number of benzene rings is 2. The average Bonchev–Trinajstić information content (AvgIpc) is 3.18. The van der Waals surface area contributed by atoms with Crippen molar-refractivity contribution in [3.8, 4) is 16.9 Å². The van der Waals surface area contributed by atoms with Crippen LogP contribution in [0.5, 0.6) is 5.75 Å². The van der Waals surface area contributed by atoms with Crippen molar-refractivity contribution >= 4 is 42.2 Å². The minimum absolute atomic E-state index is 0.0774. The second-order valence-corrected chi connectivity index (χ2v) is 9.72. The van der Waals surface area contributed by atoms with Crippen LogP contribution in [0, 0.1) is 0 Å². The van der Waals surface area contributed by atoms with Gasteiger partial charge in [-0.15, -0.1) is 11.3 Å². The fraction of sp³-hybridized carbons (Fsp3) is 0.190. The zero-order valence-electron chi connectivity index (χ0n) is 15.2. The van der Waals surface area contributed by atoms with Crippen molar-refractivity contribution in [3.05, 3.63) is 58.2 Å². The van der Waals surface area contributed by atoms with Crippen LogP contribution in [0.1, 0.15) is 19.8 Å². The van der Waals surface area contributed by atoms with Gasteiger partial charge in [-0.05, 0) is 47.7 Å². The van der Waals surface area contributed by atoms with Crippen molar-refractivity contribution in [2.24, 2.45) is 0 Å². The number of pyridine rings is 1. The SMILES string of the molecule is CCCCS(=O)(=O)c1ccc(-c2c(O)ccc3[nH]c(=O)c4sccc4c23)cc1. The van der Waals surface area contributed by atoms with Gasteiger partial charge in [-0.25, -0.2) is 8.42 Å². The summed E-state index contributed by atoms with van der Waals surface area (Å²) in [6.45, 7) is 1.96. The fourth-order valence-electron chi connectivity index (χ4n) is 3.41. The maximum absolute atomic E-state index is 12.4. The zero-order chi connectivity index (χ0) is 19.9. The number of rotatable bonds is 5. The maximum Gasteiger partial charge on any atom is 0.266 e. The molecule has 0 amide bonds. The molecule has 0 saturated carbocycles. The van der Waals surface area contributed by atoms with Crippen LogP contribution in [-0.2, 0) is 9.84 Å². The number of aromatic hydroxyl groups is 1. The van der Waals surface area contributed by atoms with E-state index in [0.29, 0.717) is 27.8 Å². The summed E-state index contributed by atoms with van der Waals surface area (Å²) < 4.78 is 25.4. The fourth-order valence-corrected chi connectivity index (χ4v) is 5.66. The van der Waals surface area contributed by atoms with E-state index in [9.17, 15) is 18.3 Å². The molecule has 4 rings (SSSR count). The molecular formula is C21H19NO4S2. The molecule has 0 radical (unpaired) electrons. The van der Waals surface area contributed by atoms with E-state index in [4.69, 9.17) is 0 Å². The standard InChI is InChI=1S/C21H19NO4S2/c1-2-3-12-28(25,26)14-6-4-13(5-7-14)18-17(23)9-8-16-19(18)15-10-11-27-20(15)21(24)22-16/h4-11,23H,2-3,12H2,1H3,(H,22,24). The topological polar surface area (TPSA) is 87.2 Å². The zero-order valence-corrected chi connectivity index (χ0v) is 16.9. The van der Waals surface area contributed by atoms with Gasteiger partial charge in [0.2, 0.25) is 0 Å². The first kappa shape index (κ1) is 18.7.